The third-order valence-electron chi connectivity index (χ3n) is 1.73. The lowest BCUT2D eigenvalue weighted by molar-refractivity contribution is -0.138. The maximum Gasteiger partial charge on any atom is 0.417 e. The number of hydrogen-bond acceptors (Lipinski definition) is 2. The van der Waals surface area contributed by atoms with Crippen LogP contribution in [0.5, 0.6) is 0 Å². The fourth-order valence-corrected chi connectivity index (χ4v) is 1.84. The summed E-state index contributed by atoms with van der Waals surface area (Å²) >= 11 is 1.62. The summed E-state index contributed by atoms with van der Waals surface area (Å²) in [6.07, 6.45) is -3.22. The molecule has 0 bridgehead atoms. The van der Waals surface area contributed by atoms with E-state index in [1.807, 2.05) is 0 Å². The Labute approximate surface area is 90.3 Å². The highest BCUT2D eigenvalue weighted by molar-refractivity contribution is 14.1. The van der Waals surface area contributed by atoms with Gasteiger partial charge < -0.3 is 4.42 Å². The summed E-state index contributed by atoms with van der Waals surface area (Å²) in [6, 6.07) is 2.31. The summed E-state index contributed by atoms with van der Waals surface area (Å²) < 4.78 is 42.3. The van der Waals surface area contributed by atoms with Crippen molar-refractivity contribution in [1.29, 1.82) is 0 Å². The van der Waals surface area contributed by atoms with Crippen LogP contribution in [0.15, 0.2) is 22.9 Å². The number of fused-ring (bicyclic) bond motifs is 1. The average molecular weight is 313 g/mol. The van der Waals surface area contributed by atoms with Crippen molar-refractivity contribution in [3.63, 3.8) is 0 Å². The molecule has 1 aromatic carbocycles. The zero-order chi connectivity index (χ0) is 10.3. The fourth-order valence-electron chi connectivity index (χ4n) is 1.10. The average Bonchev–Trinajstić information content (AvgIpc) is 2.47. The molecular weight excluding hydrogens is 310 g/mol. The van der Waals surface area contributed by atoms with Crippen LogP contribution in [-0.2, 0) is 6.18 Å². The molecule has 0 N–H and O–H groups in total. The van der Waals surface area contributed by atoms with Crippen molar-refractivity contribution < 1.29 is 17.6 Å². The first-order valence-electron chi connectivity index (χ1n) is 3.58. The molecule has 0 saturated heterocycles. The second-order valence-electron chi connectivity index (χ2n) is 2.65. The van der Waals surface area contributed by atoms with Crippen LogP contribution in [0.3, 0.4) is 0 Å². The lowest BCUT2D eigenvalue weighted by Crippen LogP contribution is -2.07. The van der Waals surface area contributed by atoms with Crippen molar-refractivity contribution in [2.45, 2.75) is 6.18 Å². The molecule has 1 heterocycles. The van der Waals surface area contributed by atoms with E-state index >= 15 is 0 Å². The minimum atomic E-state index is -4.34. The Bertz CT molecular complexity index is 477. The summed E-state index contributed by atoms with van der Waals surface area (Å²) in [5.41, 5.74) is -0.0976. The monoisotopic (exact) mass is 313 g/mol. The Morgan fingerprint density at radius 1 is 1.29 bits per heavy atom. The molecule has 0 radical (unpaired) electrons. The van der Waals surface area contributed by atoms with Crippen LogP contribution in [-0.4, -0.2) is 4.98 Å². The van der Waals surface area contributed by atoms with Gasteiger partial charge in [-0.25, -0.2) is 4.98 Å². The maximum absolute atomic E-state index is 12.4. The molecule has 0 aliphatic carbocycles. The van der Waals surface area contributed by atoms with Gasteiger partial charge in [0.15, 0.2) is 12.0 Å². The number of nitrogens with zero attached hydrogens (tertiary/aromatic N) is 1. The second kappa shape index (κ2) is 3.11. The van der Waals surface area contributed by atoms with Crippen molar-refractivity contribution in [2.24, 2.45) is 0 Å². The SMILES string of the molecule is FC(F)(F)c1cc2ncoc2cc1I. The second-order valence-corrected chi connectivity index (χ2v) is 3.81. The third-order valence-corrected chi connectivity index (χ3v) is 2.62. The summed E-state index contributed by atoms with van der Waals surface area (Å²) in [5, 5.41) is 0. The van der Waals surface area contributed by atoms with Gasteiger partial charge in [0.05, 0.1) is 5.56 Å². The molecule has 2 nitrogen and oxygen atoms in total. The summed E-state index contributed by atoms with van der Waals surface area (Å²) in [4.78, 5) is 3.66. The van der Waals surface area contributed by atoms with Crippen molar-refractivity contribution in [3.05, 3.63) is 27.7 Å². The molecule has 0 spiro atoms. The lowest BCUT2D eigenvalue weighted by atomic mass is 10.2. The van der Waals surface area contributed by atoms with E-state index < -0.39 is 11.7 Å². The normalized spacial score (nSPS) is 12.3. The minimum absolute atomic E-state index is 0.111. The number of benzene rings is 1. The van der Waals surface area contributed by atoms with Crippen LogP contribution in [0.4, 0.5) is 13.2 Å². The summed E-state index contributed by atoms with van der Waals surface area (Å²) in [5.74, 6) is 0. The predicted molar refractivity (Wildman–Crippen MR) is 51.7 cm³/mol. The molecule has 0 fully saturated rings. The van der Waals surface area contributed by atoms with Crippen molar-refractivity contribution in [3.8, 4) is 0 Å². The molecule has 0 saturated carbocycles. The zero-order valence-corrected chi connectivity index (χ0v) is 8.76. The number of hydrogen-bond donors (Lipinski definition) is 0. The van der Waals surface area contributed by atoms with Gasteiger partial charge in [0.1, 0.15) is 5.52 Å². The van der Waals surface area contributed by atoms with E-state index in [9.17, 15) is 13.2 Å². The van der Waals surface area contributed by atoms with E-state index in [-0.39, 0.29) is 9.09 Å². The van der Waals surface area contributed by atoms with Gasteiger partial charge in [-0.1, -0.05) is 0 Å². The number of rotatable bonds is 0. The van der Waals surface area contributed by atoms with E-state index in [4.69, 9.17) is 4.42 Å². The van der Waals surface area contributed by atoms with Gasteiger partial charge in [0, 0.05) is 3.57 Å². The molecule has 0 aliphatic rings. The largest absolute Gasteiger partial charge is 0.443 e. The van der Waals surface area contributed by atoms with Gasteiger partial charge in [-0.3, -0.25) is 0 Å². The quantitative estimate of drug-likeness (QED) is 0.696. The number of alkyl halides is 3. The van der Waals surface area contributed by atoms with Crippen LogP contribution in [0, 0.1) is 3.57 Å². The molecule has 0 atom stereocenters. The first kappa shape index (κ1) is 9.75. The number of oxazole rings is 1. The van der Waals surface area contributed by atoms with Crippen LogP contribution in [0.1, 0.15) is 5.56 Å². The molecule has 2 aromatic rings. The third kappa shape index (κ3) is 1.58. The van der Waals surface area contributed by atoms with E-state index in [2.05, 4.69) is 4.98 Å². The highest BCUT2D eigenvalue weighted by Gasteiger charge is 2.33. The highest BCUT2D eigenvalue weighted by atomic mass is 127. The molecule has 14 heavy (non-hydrogen) atoms. The predicted octanol–water partition coefficient (Wildman–Crippen LogP) is 3.45. The van der Waals surface area contributed by atoms with Crippen LogP contribution in [0.2, 0.25) is 0 Å². The Morgan fingerprint density at radius 3 is 2.64 bits per heavy atom. The smallest absolute Gasteiger partial charge is 0.417 e. The van der Waals surface area contributed by atoms with Gasteiger partial charge in [-0.2, -0.15) is 13.2 Å². The fraction of sp³-hybridized carbons (Fsp3) is 0.125. The van der Waals surface area contributed by atoms with E-state index in [1.54, 1.807) is 22.6 Å². The summed E-state index contributed by atoms with van der Waals surface area (Å²) in [7, 11) is 0. The van der Waals surface area contributed by atoms with Crippen LogP contribution >= 0.6 is 22.6 Å². The Balaban J connectivity index is 2.71. The van der Waals surface area contributed by atoms with Crippen molar-refractivity contribution >= 4 is 33.7 Å². The van der Waals surface area contributed by atoms with E-state index in [0.29, 0.717) is 5.58 Å². The first-order valence-corrected chi connectivity index (χ1v) is 4.66. The Hall–Kier alpha value is -0.790. The molecular formula is C8H3F3INO. The standard InChI is InChI=1S/C8H3F3INO/c9-8(10,11)4-1-6-7(2-5(4)12)14-3-13-6/h1-3H. The number of aromatic nitrogens is 1. The van der Waals surface area contributed by atoms with Crippen molar-refractivity contribution in [2.75, 3.05) is 0 Å². The molecule has 0 amide bonds. The molecule has 0 unspecified atom stereocenters. The molecule has 1 aromatic heterocycles. The molecule has 74 valence electrons. The van der Waals surface area contributed by atoms with Gasteiger partial charge in [0.25, 0.3) is 0 Å². The Morgan fingerprint density at radius 2 is 2.00 bits per heavy atom. The Kier molecular flexibility index (Phi) is 2.17. The van der Waals surface area contributed by atoms with Gasteiger partial charge in [-0.05, 0) is 34.7 Å². The van der Waals surface area contributed by atoms with Crippen LogP contribution < -0.4 is 0 Å². The van der Waals surface area contributed by atoms with E-state index in [1.165, 1.54) is 6.07 Å². The lowest BCUT2D eigenvalue weighted by Gasteiger charge is -2.07. The minimum Gasteiger partial charge on any atom is -0.443 e. The van der Waals surface area contributed by atoms with Gasteiger partial charge in [-0.15, -0.1) is 0 Å². The molecule has 6 heteroatoms. The zero-order valence-electron chi connectivity index (χ0n) is 6.60. The maximum atomic E-state index is 12.4. The van der Waals surface area contributed by atoms with Gasteiger partial charge >= 0.3 is 6.18 Å². The van der Waals surface area contributed by atoms with Gasteiger partial charge in [0.2, 0.25) is 0 Å². The molecule has 0 aliphatic heterocycles. The first-order chi connectivity index (χ1) is 6.48. The van der Waals surface area contributed by atoms with Crippen molar-refractivity contribution in [1.82, 2.24) is 4.98 Å². The van der Waals surface area contributed by atoms with Crippen LogP contribution in [0.25, 0.3) is 11.1 Å². The topological polar surface area (TPSA) is 26.0 Å². The number of halogens is 4. The highest BCUT2D eigenvalue weighted by Crippen LogP contribution is 2.34. The summed E-state index contributed by atoms with van der Waals surface area (Å²) in [6.45, 7) is 0. The van der Waals surface area contributed by atoms with E-state index in [0.717, 1.165) is 12.5 Å². The molecule has 2 rings (SSSR count).